The van der Waals surface area contributed by atoms with Crippen LogP contribution in [0.5, 0.6) is 0 Å². The molecule has 0 spiro atoms. The topological polar surface area (TPSA) is 101 Å². The minimum Gasteiger partial charge on any atom is -0.480 e. The van der Waals surface area contributed by atoms with E-state index in [1.165, 1.54) is 4.90 Å². The van der Waals surface area contributed by atoms with Crippen molar-refractivity contribution in [2.45, 2.75) is 38.1 Å². The number of hydrogen-bond donors (Lipinski definition) is 2. The molecule has 1 atom stereocenters. The van der Waals surface area contributed by atoms with Gasteiger partial charge in [-0.1, -0.05) is 6.42 Å². The van der Waals surface area contributed by atoms with Crippen LogP contribution in [0.1, 0.15) is 32.1 Å². The molecule has 0 aromatic carbocycles. The third-order valence-corrected chi connectivity index (χ3v) is 2.67. The Labute approximate surface area is 93.4 Å². The number of amides is 2. The number of carboxylic acid groups (broad SMARTS) is 1. The number of primary amides is 1. The number of aliphatic carboxylic acids is 1. The average molecular weight is 228 g/mol. The highest BCUT2D eigenvalue weighted by Gasteiger charge is 2.31. The zero-order valence-electron chi connectivity index (χ0n) is 9.02. The van der Waals surface area contributed by atoms with Crippen LogP contribution in [0.25, 0.3) is 0 Å². The fraction of sp³-hybridized carbons (Fsp3) is 0.700. The molecule has 90 valence electrons. The molecule has 0 radical (unpaired) electrons. The molecule has 1 aliphatic rings. The summed E-state index contributed by atoms with van der Waals surface area (Å²) in [4.78, 5) is 34.7. The number of carboxylic acids is 1. The number of carbonyl (C=O) groups is 3. The van der Waals surface area contributed by atoms with Gasteiger partial charge in [0.25, 0.3) is 0 Å². The first-order valence-electron chi connectivity index (χ1n) is 5.33. The van der Waals surface area contributed by atoms with Crippen LogP contribution >= 0.6 is 0 Å². The fourth-order valence-corrected chi connectivity index (χ4v) is 1.85. The molecule has 0 bridgehead atoms. The van der Waals surface area contributed by atoms with E-state index in [1.807, 2.05) is 0 Å². The summed E-state index contributed by atoms with van der Waals surface area (Å²) in [7, 11) is 0. The molecule has 1 saturated heterocycles. The van der Waals surface area contributed by atoms with Gasteiger partial charge in [0.1, 0.15) is 6.04 Å². The smallest absolute Gasteiger partial charge is 0.326 e. The standard InChI is InChI=1S/C10H16N2O4/c11-8(13)6-7(10(15)16)12-5-3-1-2-4-9(12)14/h7H,1-6H2,(H2,11,13)(H,15,16). The molecule has 0 aromatic rings. The van der Waals surface area contributed by atoms with E-state index >= 15 is 0 Å². The van der Waals surface area contributed by atoms with Gasteiger partial charge in [-0.2, -0.15) is 0 Å². The van der Waals surface area contributed by atoms with Crippen LogP contribution in [0.3, 0.4) is 0 Å². The van der Waals surface area contributed by atoms with Crippen LogP contribution in [0.15, 0.2) is 0 Å². The SMILES string of the molecule is NC(=O)CC(C(=O)O)N1CCCCCC1=O. The van der Waals surface area contributed by atoms with E-state index in [0.29, 0.717) is 13.0 Å². The third-order valence-electron chi connectivity index (χ3n) is 2.67. The van der Waals surface area contributed by atoms with Crippen LogP contribution in [-0.2, 0) is 14.4 Å². The summed E-state index contributed by atoms with van der Waals surface area (Å²) in [5, 5.41) is 8.98. The van der Waals surface area contributed by atoms with Crippen LogP contribution in [0, 0.1) is 0 Å². The Kier molecular flexibility index (Phi) is 4.28. The summed E-state index contributed by atoms with van der Waals surface area (Å²) in [6.45, 7) is 0.392. The first-order chi connectivity index (χ1) is 7.52. The van der Waals surface area contributed by atoms with E-state index in [9.17, 15) is 14.4 Å². The predicted molar refractivity (Wildman–Crippen MR) is 55.4 cm³/mol. The van der Waals surface area contributed by atoms with Gasteiger partial charge in [-0.3, -0.25) is 9.59 Å². The number of nitrogens with two attached hydrogens (primary N) is 1. The van der Waals surface area contributed by atoms with E-state index in [1.54, 1.807) is 0 Å². The monoisotopic (exact) mass is 228 g/mol. The van der Waals surface area contributed by atoms with Gasteiger partial charge in [0.2, 0.25) is 11.8 Å². The van der Waals surface area contributed by atoms with Crippen molar-refractivity contribution < 1.29 is 19.5 Å². The molecular weight excluding hydrogens is 212 g/mol. The maximum absolute atomic E-state index is 11.7. The zero-order chi connectivity index (χ0) is 12.1. The zero-order valence-corrected chi connectivity index (χ0v) is 9.02. The van der Waals surface area contributed by atoms with Gasteiger partial charge in [-0.15, -0.1) is 0 Å². The van der Waals surface area contributed by atoms with Gasteiger partial charge in [0.05, 0.1) is 6.42 Å². The lowest BCUT2D eigenvalue weighted by atomic mass is 10.1. The molecule has 2 amide bonds. The first kappa shape index (κ1) is 12.5. The number of rotatable bonds is 4. The Morgan fingerprint density at radius 2 is 2.06 bits per heavy atom. The normalized spacial score (nSPS) is 19.0. The molecule has 6 nitrogen and oxygen atoms in total. The Hall–Kier alpha value is -1.59. The molecule has 1 unspecified atom stereocenters. The molecular formula is C10H16N2O4. The average Bonchev–Trinajstić information content (AvgIpc) is 2.39. The Balaban J connectivity index is 2.78. The Bertz CT molecular complexity index is 303. The summed E-state index contributed by atoms with van der Waals surface area (Å²) in [5.41, 5.74) is 4.98. The molecule has 3 N–H and O–H groups in total. The van der Waals surface area contributed by atoms with Crippen molar-refractivity contribution in [1.82, 2.24) is 4.90 Å². The first-order valence-corrected chi connectivity index (χ1v) is 5.33. The highest BCUT2D eigenvalue weighted by Crippen LogP contribution is 2.15. The van der Waals surface area contributed by atoms with Gasteiger partial charge in [-0.25, -0.2) is 4.79 Å². The van der Waals surface area contributed by atoms with Crippen molar-refractivity contribution in [2.24, 2.45) is 5.73 Å². The molecule has 16 heavy (non-hydrogen) atoms. The van der Waals surface area contributed by atoms with Crippen LogP contribution in [-0.4, -0.2) is 40.4 Å². The summed E-state index contributed by atoms with van der Waals surface area (Å²) in [5.74, 6) is -2.08. The molecule has 1 rings (SSSR count). The highest BCUT2D eigenvalue weighted by molar-refractivity contribution is 5.88. The molecule has 6 heteroatoms. The van der Waals surface area contributed by atoms with Crippen molar-refractivity contribution in [3.8, 4) is 0 Å². The molecule has 0 saturated carbocycles. The lowest BCUT2D eigenvalue weighted by Crippen LogP contribution is -2.46. The highest BCUT2D eigenvalue weighted by atomic mass is 16.4. The second kappa shape index (κ2) is 5.48. The molecule has 0 aliphatic carbocycles. The van der Waals surface area contributed by atoms with Crippen LogP contribution < -0.4 is 5.73 Å². The summed E-state index contributed by atoms with van der Waals surface area (Å²) in [6, 6.07) is -1.11. The minimum absolute atomic E-state index is 0.203. The molecule has 0 aromatic heterocycles. The van der Waals surface area contributed by atoms with Gasteiger partial charge < -0.3 is 15.7 Å². The Morgan fingerprint density at radius 3 is 2.62 bits per heavy atom. The number of nitrogens with zero attached hydrogens (tertiary/aromatic N) is 1. The lowest BCUT2D eigenvalue weighted by molar-refractivity contribution is -0.151. The summed E-state index contributed by atoms with van der Waals surface area (Å²) in [6.07, 6.45) is 2.49. The van der Waals surface area contributed by atoms with Crippen molar-refractivity contribution in [1.29, 1.82) is 0 Å². The molecule has 1 fully saturated rings. The van der Waals surface area contributed by atoms with Gasteiger partial charge in [0.15, 0.2) is 0 Å². The largest absolute Gasteiger partial charge is 0.480 e. The van der Waals surface area contributed by atoms with E-state index in [-0.39, 0.29) is 12.3 Å². The maximum atomic E-state index is 11.7. The maximum Gasteiger partial charge on any atom is 0.326 e. The van der Waals surface area contributed by atoms with Crippen LogP contribution in [0.4, 0.5) is 0 Å². The van der Waals surface area contributed by atoms with Crippen molar-refractivity contribution in [3.05, 3.63) is 0 Å². The minimum atomic E-state index is -1.17. The fourth-order valence-electron chi connectivity index (χ4n) is 1.85. The van der Waals surface area contributed by atoms with E-state index in [4.69, 9.17) is 10.8 Å². The number of carbonyl (C=O) groups excluding carboxylic acids is 2. The molecule has 1 aliphatic heterocycles. The Morgan fingerprint density at radius 1 is 1.38 bits per heavy atom. The van der Waals surface area contributed by atoms with E-state index in [0.717, 1.165) is 19.3 Å². The van der Waals surface area contributed by atoms with E-state index < -0.39 is 17.9 Å². The van der Waals surface area contributed by atoms with Gasteiger partial charge in [0, 0.05) is 13.0 Å². The van der Waals surface area contributed by atoms with E-state index in [2.05, 4.69) is 0 Å². The third kappa shape index (κ3) is 3.22. The quantitative estimate of drug-likeness (QED) is 0.690. The van der Waals surface area contributed by atoms with Gasteiger partial charge >= 0.3 is 5.97 Å². The predicted octanol–water partition coefficient (Wildman–Crippen LogP) is -0.282. The van der Waals surface area contributed by atoms with Crippen LogP contribution in [0.2, 0.25) is 0 Å². The summed E-state index contributed by atoms with van der Waals surface area (Å²) < 4.78 is 0. The van der Waals surface area contributed by atoms with Crippen molar-refractivity contribution in [3.63, 3.8) is 0 Å². The van der Waals surface area contributed by atoms with Crippen molar-refractivity contribution >= 4 is 17.8 Å². The number of hydrogen-bond acceptors (Lipinski definition) is 3. The summed E-state index contributed by atoms with van der Waals surface area (Å²) >= 11 is 0. The van der Waals surface area contributed by atoms with Crippen molar-refractivity contribution in [2.75, 3.05) is 6.54 Å². The second-order valence-corrected chi connectivity index (χ2v) is 3.92. The second-order valence-electron chi connectivity index (χ2n) is 3.92. The van der Waals surface area contributed by atoms with Gasteiger partial charge in [-0.05, 0) is 12.8 Å². The lowest BCUT2D eigenvalue weighted by Gasteiger charge is -2.26. The number of likely N-dealkylation sites (tertiary alicyclic amines) is 1. The molecule has 1 heterocycles.